The molecule has 0 fully saturated rings. The molecule has 0 aliphatic carbocycles. The van der Waals surface area contributed by atoms with Crippen LogP contribution in [0.25, 0.3) is 0 Å². The molecule has 0 aromatic heterocycles. The van der Waals surface area contributed by atoms with Gasteiger partial charge in [0.2, 0.25) is 5.11 Å². The van der Waals surface area contributed by atoms with Gasteiger partial charge in [-0.1, -0.05) is 25.1 Å². The zero-order chi connectivity index (χ0) is 10.9. The van der Waals surface area contributed by atoms with Crippen LogP contribution in [0.1, 0.15) is 20.3 Å². The molecule has 0 saturated heterocycles. The molecule has 15 heavy (non-hydrogen) atoms. The Labute approximate surface area is 94.8 Å². The maximum Gasteiger partial charge on any atom is 0.222 e. The van der Waals surface area contributed by atoms with Crippen molar-refractivity contribution in [2.24, 2.45) is 10.2 Å². The van der Waals surface area contributed by atoms with E-state index in [-0.39, 0.29) is 5.66 Å². The van der Waals surface area contributed by atoms with E-state index in [1.54, 1.807) is 0 Å². The molecule has 1 aliphatic rings. The van der Waals surface area contributed by atoms with Crippen LogP contribution < -0.4 is 4.90 Å². The maximum atomic E-state index is 5.20. The summed E-state index contributed by atoms with van der Waals surface area (Å²) in [6, 6.07) is 10.0. The topological polar surface area (TPSA) is 28.0 Å². The number of rotatable bonds is 2. The van der Waals surface area contributed by atoms with E-state index in [1.165, 1.54) is 0 Å². The van der Waals surface area contributed by atoms with E-state index in [9.17, 15) is 0 Å². The minimum atomic E-state index is -0.321. The highest BCUT2D eigenvalue weighted by Crippen LogP contribution is 2.33. The molecule has 0 amide bonds. The summed E-state index contributed by atoms with van der Waals surface area (Å²) in [4.78, 5) is 2.00. The average Bonchev–Trinajstić information content (AvgIpc) is 2.57. The second-order valence-electron chi connectivity index (χ2n) is 3.72. The van der Waals surface area contributed by atoms with Gasteiger partial charge < -0.3 is 0 Å². The molecular weight excluding hydrogens is 206 g/mol. The first-order valence-corrected chi connectivity index (χ1v) is 5.40. The third-order valence-electron chi connectivity index (χ3n) is 2.71. The molecule has 1 atom stereocenters. The van der Waals surface area contributed by atoms with Crippen LogP contribution in [0.4, 0.5) is 5.69 Å². The maximum absolute atomic E-state index is 5.20. The molecule has 0 bridgehead atoms. The van der Waals surface area contributed by atoms with Crippen LogP contribution in [0.3, 0.4) is 0 Å². The van der Waals surface area contributed by atoms with Gasteiger partial charge in [0.25, 0.3) is 0 Å². The molecule has 3 nitrogen and oxygen atoms in total. The number of anilines is 1. The Hall–Kier alpha value is -1.29. The van der Waals surface area contributed by atoms with E-state index >= 15 is 0 Å². The van der Waals surface area contributed by atoms with Crippen LogP contribution in [-0.4, -0.2) is 10.8 Å². The Bertz CT molecular complexity index is 402. The normalized spacial score (nSPS) is 24.9. The highest BCUT2D eigenvalue weighted by atomic mass is 32.1. The first-order chi connectivity index (χ1) is 7.17. The van der Waals surface area contributed by atoms with E-state index in [4.69, 9.17) is 12.2 Å². The summed E-state index contributed by atoms with van der Waals surface area (Å²) in [6.07, 6.45) is 0.880. The van der Waals surface area contributed by atoms with E-state index < -0.39 is 0 Å². The van der Waals surface area contributed by atoms with Crippen LogP contribution in [0.5, 0.6) is 0 Å². The summed E-state index contributed by atoms with van der Waals surface area (Å²) >= 11 is 5.20. The van der Waals surface area contributed by atoms with E-state index in [2.05, 4.69) is 17.2 Å². The molecule has 78 valence electrons. The minimum absolute atomic E-state index is 0.321. The SMILES string of the molecule is CCC1(C)N=NC(=S)N1c1ccccc1. The van der Waals surface area contributed by atoms with Gasteiger partial charge in [0.1, 0.15) is 0 Å². The third-order valence-corrected chi connectivity index (χ3v) is 2.97. The molecule has 0 spiro atoms. The summed E-state index contributed by atoms with van der Waals surface area (Å²) in [5.74, 6) is 0. The standard InChI is InChI=1S/C11H13N3S/c1-3-11(2)13-12-10(15)14(11)9-7-5-4-6-8-9/h4-8H,3H2,1-2H3. The number of hydrogen-bond acceptors (Lipinski definition) is 2. The zero-order valence-electron chi connectivity index (χ0n) is 8.84. The second kappa shape index (κ2) is 3.70. The smallest absolute Gasteiger partial charge is 0.222 e. The van der Waals surface area contributed by atoms with Gasteiger partial charge in [0.15, 0.2) is 5.66 Å². The molecule has 1 aromatic rings. The Morgan fingerprint density at radius 1 is 1.33 bits per heavy atom. The summed E-state index contributed by atoms with van der Waals surface area (Å²) in [5.41, 5.74) is 0.732. The highest BCUT2D eigenvalue weighted by Gasteiger charge is 2.37. The molecular formula is C11H13N3S. The predicted molar refractivity (Wildman–Crippen MR) is 65.1 cm³/mol. The number of thiocarbonyl (C=S) groups is 1. The Kier molecular flexibility index (Phi) is 2.52. The fourth-order valence-electron chi connectivity index (χ4n) is 1.64. The van der Waals surface area contributed by atoms with Gasteiger partial charge in [-0.3, -0.25) is 4.90 Å². The molecule has 1 unspecified atom stereocenters. The van der Waals surface area contributed by atoms with Gasteiger partial charge in [-0.25, -0.2) is 0 Å². The number of benzene rings is 1. The molecule has 4 heteroatoms. The summed E-state index contributed by atoms with van der Waals surface area (Å²) in [7, 11) is 0. The van der Waals surface area contributed by atoms with Crippen LogP contribution in [-0.2, 0) is 0 Å². The predicted octanol–water partition coefficient (Wildman–Crippen LogP) is 3.37. The summed E-state index contributed by atoms with van der Waals surface area (Å²) < 4.78 is 0. The minimum Gasteiger partial charge on any atom is -0.289 e. The van der Waals surface area contributed by atoms with E-state index in [0.29, 0.717) is 5.11 Å². The number of hydrogen-bond donors (Lipinski definition) is 0. The van der Waals surface area contributed by atoms with Crippen molar-refractivity contribution >= 4 is 23.0 Å². The summed E-state index contributed by atoms with van der Waals surface area (Å²) in [5, 5.41) is 8.78. The van der Waals surface area contributed by atoms with Crippen LogP contribution in [0, 0.1) is 0 Å². The van der Waals surface area contributed by atoms with Crippen molar-refractivity contribution in [2.45, 2.75) is 25.9 Å². The van der Waals surface area contributed by atoms with Gasteiger partial charge in [-0.2, -0.15) is 5.11 Å². The zero-order valence-corrected chi connectivity index (χ0v) is 9.66. The second-order valence-corrected chi connectivity index (χ2v) is 4.09. The number of nitrogens with zero attached hydrogens (tertiary/aromatic N) is 3. The lowest BCUT2D eigenvalue weighted by molar-refractivity contribution is 0.478. The van der Waals surface area contributed by atoms with Crippen molar-refractivity contribution in [3.8, 4) is 0 Å². The first kappa shape index (κ1) is 10.2. The molecule has 2 rings (SSSR count). The molecule has 1 aliphatic heterocycles. The fourth-order valence-corrected chi connectivity index (χ4v) is 1.98. The van der Waals surface area contributed by atoms with Crippen molar-refractivity contribution in [1.29, 1.82) is 0 Å². The molecule has 0 saturated carbocycles. The van der Waals surface area contributed by atoms with E-state index in [0.717, 1.165) is 12.1 Å². The van der Waals surface area contributed by atoms with Gasteiger partial charge in [0.05, 0.1) is 0 Å². The van der Waals surface area contributed by atoms with Crippen LogP contribution >= 0.6 is 12.2 Å². The molecule has 0 radical (unpaired) electrons. The number of azo groups is 1. The van der Waals surface area contributed by atoms with Gasteiger partial charge >= 0.3 is 0 Å². The largest absolute Gasteiger partial charge is 0.289 e. The quantitative estimate of drug-likeness (QED) is 0.713. The Morgan fingerprint density at radius 3 is 2.60 bits per heavy atom. The molecule has 1 heterocycles. The number of para-hydroxylation sites is 1. The van der Waals surface area contributed by atoms with Crippen molar-refractivity contribution < 1.29 is 0 Å². The highest BCUT2D eigenvalue weighted by molar-refractivity contribution is 7.80. The first-order valence-electron chi connectivity index (χ1n) is 4.99. The monoisotopic (exact) mass is 219 g/mol. The van der Waals surface area contributed by atoms with Gasteiger partial charge in [0, 0.05) is 5.69 Å². The molecule has 1 aromatic carbocycles. The van der Waals surface area contributed by atoms with Crippen LogP contribution in [0.2, 0.25) is 0 Å². The lowest BCUT2D eigenvalue weighted by Crippen LogP contribution is -2.42. The Morgan fingerprint density at radius 2 is 2.00 bits per heavy atom. The lowest BCUT2D eigenvalue weighted by Gasteiger charge is -2.31. The van der Waals surface area contributed by atoms with Crippen molar-refractivity contribution in [2.75, 3.05) is 4.90 Å². The average molecular weight is 219 g/mol. The van der Waals surface area contributed by atoms with Crippen molar-refractivity contribution in [3.63, 3.8) is 0 Å². The van der Waals surface area contributed by atoms with Crippen LogP contribution in [0.15, 0.2) is 40.6 Å². The summed E-state index contributed by atoms with van der Waals surface area (Å²) in [6.45, 7) is 4.13. The van der Waals surface area contributed by atoms with Crippen molar-refractivity contribution in [1.82, 2.24) is 0 Å². The molecule has 0 N–H and O–H groups in total. The lowest BCUT2D eigenvalue weighted by atomic mass is 10.1. The van der Waals surface area contributed by atoms with Crippen molar-refractivity contribution in [3.05, 3.63) is 30.3 Å². The van der Waals surface area contributed by atoms with Gasteiger partial charge in [-0.15, -0.1) is 5.11 Å². The van der Waals surface area contributed by atoms with Gasteiger partial charge in [-0.05, 0) is 37.7 Å². The third kappa shape index (κ3) is 1.65. The Balaban J connectivity index is 2.41. The fraction of sp³-hybridized carbons (Fsp3) is 0.364. The van der Waals surface area contributed by atoms with E-state index in [1.807, 2.05) is 42.2 Å².